The number of hydrogen-bond acceptors (Lipinski definition) is 1. The van der Waals surface area contributed by atoms with Gasteiger partial charge in [-0.25, -0.2) is 0 Å². The molecule has 0 saturated heterocycles. The molecule has 0 heterocycles. The van der Waals surface area contributed by atoms with Gasteiger partial charge in [-0.2, -0.15) is 0 Å². The Balaban J connectivity index is 0.000000146. The molecule has 0 atom stereocenters. The molecule has 0 spiro atoms. The molecule has 5 heteroatoms. The number of hydrogen-bond donors (Lipinski definition) is 0. The summed E-state index contributed by atoms with van der Waals surface area (Å²) < 4.78 is 0. The van der Waals surface area contributed by atoms with Crippen LogP contribution in [0.4, 0.5) is 0 Å². The van der Waals surface area contributed by atoms with Gasteiger partial charge in [0.05, 0.1) is 0 Å². The first-order valence-corrected chi connectivity index (χ1v) is 25.0. The van der Waals surface area contributed by atoms with Gasteiger partial charge in [-0.1, -0.05) is 273 Å². The third-order valence-corrected chi connectivity index (χ3v) is 16.5. The van der Waals surface area contributed by atoms with Gasteiger partial charge in [-0.15, -0.1) is 0 Å². The summed E-state index contributed by atoms with van der Waals surface area (Å²) in [6, 6.07) is 97.0. The van der Waals surface area contributed by atoms with E-state index >= 15 is 0 Å². The van der Waals surface area contributed by atoms with Gasteiger partial charge in [0.25, 0.3) is 0 Å². The fourth-order valence-electron chi connectivity index (χ4n) is 6.54. The van der Waals surface area contributed by atoms with Crippen molar-refractivity contribution in [3.63, 3.8) is 0 Å². The van der Waals surface area contributed by atoms with Crippen molar-refractivity contribution in [3.8, 4) is 0 Å². The molecule has 60 heavy (non-hydrogen) atoms. The van der Waals surface area contributed by atoms with Gasteiger partial charge in [0.1, 0.15) is 0 Å². The summed E-state index contributed by atoms with van der Waals surface area (Å²) in [5.41, 5.74) is 0. The molecule has 0 bridgehead atoms. The molecule has 9 rings (SSSR count). The minimum atomic E-state index is -0.446. The first-order valence-electron chi connectivity index (χ1n) is 19.6. The van der Waals surface area contributed by atoms with Gasteiger partial charge in [0, 0.05) is 0 Å². The van der Waals surface area contributed by atoms with Crippen molar-refractivity contribution in [1.82, 2.24) is 0 Å². The zero-order valence-corrected chi connectivity index (χ0v) is 38.2. The summed E-state index contributed by atoms with van der Waals surface area (Å²) in [6.07, 6.45) is 0. The van der Waals surface area contributed by atoms with Crippen LogP contribution in [0.15, 0.2) is 273 Å². The van der Waals surface area contributed by atoms with E-state index in [0.29, 0.717) is 0 Å². The second kappa shape index (κ2) is 25.3. The molecule has 0 saturated carbocycles. The fraction of sp³-hybridized carbons (Fsp3) is 0. The minimum absolute atomic E-state index is 0.446. The zero-order valence-electron chi connectivity index (χ0n) is 33.1. The Morgan fingerprint density at radius 1 is 0.217 bits per heavy atom. The Kier molecular flexibility index (Phi) is 18.6. The van der Waals surface area contributed by atoms with Crippen molar-refractivity contribution < 1.29 is 23.7 Å². The van der Waals surface area contributed by atoms with Crippen molar-refractivity contribution in [2.75, 3.05) is 0 Å². The van der Waals surface area contributed by atoms with Gasteiger partial charge in [0.2, 0.25) is 0 Å². The average molecular weight is 1010 g/mol. The molecule has 1 nitrogen and oxygen atoms in total. The summed E-state index contributed by atoms with van der Waals surface area (Å²) in [5, 5.41) is 12.6. The van der Waals surface area contributed by atoms with Crippen molar-refractivity contribution in [3.05, 3.63) is 273 Å². The second-order valence-electron chi connectivity index (χ2n) is 13.1. The maximum atomic E-state index is 8.81. The van der Waals surface area contributed by atoms with E-state index in [1.165, 1.54) is 66.6 Å². The number of carbonyl (C=O) groups excluding carboxylic acids is 1. The van der Waals surface area contributed by atoms with E-state index < -0.39 is 23.8 Å². The molecule has 0 aromatic heterocycles. The van der Waals surface area contributed by atoms with Gasteiger partial charge in [-0.05, 0) is 71.5 Å². The van der Waals surface area contributed by atoms with Crippen LogP contribution in [-0.4, -0.2) is 4.80 Å². The fourth-order valence-corrected chi connectivity index (χ4v) is 13.5. The average Bonchev–Trinajstić information content (AvgIpc) is 3.33. The largest absolute Gasteiger partial charge is 0.0622 e. The Hall–Kier alpha value is -5.41. The Morgan fingerprint density at radius 2 is 0.300 bits per heavy atom. The molecule has 0 unspecified atom stereocenters. The molecule has 0 fully saturated rings. The van der Waals surface area contributed by atoms with Crippen molar-refractivity contribution >= 4 is 76.3 Å². The molecular formula is C55H46IrOP3. The first-order chi connectivity index (χ1) is 29.8. The maximum absolute atomic E-state index is 8.81. The van der Waals surface area contributed by atoms with Crippen LogP contribution in [0.3, 0.4) is 0 Å². The smallest absolute Gasteiger partial charge is 0.0134 e. The maximum Gasteiger partial charge on any atom is -0.0134 e. The number of benzene rings is 9. The predicted octanol–water partition coefficient (Wildman–Crippen LogP) is 10.1. The van der Waals surface area contributed by atoms with Crippen LogP contribution in [-0.2, 0) is 23.7 Å². The molecule has 0 N–H and O–H groups in total. The molecule has 0 amide bonds. The van der Waals surface area contributed by atoms with Crippen LogP contribution in [0.1, 0.15) is 0 Å². The third-order valence-electron chi connectivity index (χ3n) is 9.13. The summed E-state index contributed by atoms with van der Waals surface area (Å²) in [7, 11) is -1.34. The normalized spacial score (nSPS) is 10.3. The topological polar surface area (TPSA) is 17.1 Å². The summed E-state index contributed by atoms with van der Waals surface area (Å²) >= 11 is 1.44. The summed E-state index contributed by atoms with van der Waals surface area (Å²) in [5.74, 6) is 0. The molecule has 0 aliphatic carbocycles. The molecule has 9 aromatic rings. The molecule has 0 aliphatic rings. The monoisotopic (exact) mass is 1010 g/mol. The quantitative estimate of drug-likeness (QED) is 0.104. The van der Waals surface area contributed by atoms with Gasteiger partial charge < -0.3 is 0 Å². The van der Waals surface area contributed by atoms with E-state index in [1.54, 1.807) is 0 Å². The molecule has 0 radical (unpaired) electrons. The molecule has 296 valence electrons. The first kappa shape index (κ1) is 44.1. The van der Waals surface area contributed by atoms with Crippen LogP contribution < -0.4 is 47.7 Å². The van der Waals surface area contributed by atoms with E-state index in [4.69, 9.17) is 4.79 Å². The number of rotatable bonds is 9. The van der Waals surface area contributed by atoms with Crippen molar-refractivity contribution in [2.24, 2.45) is 0 Å². The van der Waals surface area contributed by atoms with Crippen molar-refractivity contribution in [2.45, 2.75) is 0 Å². The predicted molar refractivity (Wildman–Crippen MR) is 262 cm³/mol. The number of carbonyl (C=O) groups is 1. The minimum Gasteiger partial charge on any atom is -0.0622 e. The van der Waals surface area contributed by atoms with E-state index in [1.807, 2.05) is 0 Å². The van der Waals surface area contributed by atoms with Crippen LogP contribution in [0.2, 0.25) is 0 Å². The Morgan fingerprint density at radius 3 is 0.383 bits per heavy atom. The van der Waals surface area contributed by atoms with E-state index in [-0.39, 0.29) is 0 Å². The molecular weight excluding hydrogens is 962 g/mol. The van der Waals surface area contributed by atoms with Gasteiger partial charge in [0.15, 0.2) is 0 Å². The van der Waals surface area contributed by atoms with E-state index in [9.17, 15) is 0 Å². The second-order valence-corrected chi connectivity index (χ2v) is 20.3. The van der Waals surface area contributed by atoms with Crippen LogP contribution >= 0.6 is 23.8 Å². The molecule has 9 aromatic carbocycles. The van der Waals surface area contributed by atoms with E-state index in [0.717, 1.165) is 4.80 Å². The van der Waals surface area contributed by atoms with Crippen molar-refractivity contribution in [1.29, 1.82) is 0 Å². The standard InChI is InChI=1S/3C18H15P.CHO.Ir/c3*1-4-10-16(11-5-1)19(17-12-6-2-7-13-17)18-14-8-3-9-15-18;1-2;/h3*1-15H;1H;. The molecule has 0 aliphatic heterocycles. The zero-order chi connectivity index (χ0) is 41.5. The third kappa shape index (κ3) is 13.3. The van der Waals surface area contributed by atoms with Gasteiger partial charge >= 0.3 is 28.5 Å². The van der Waals surface area contributed by atoms with Crippen LogP contribution in [0, 0.1) is 0 Å². The summed E-state index contributed by atoms with van der Waals surface area (Å²) in [4.78, 5) is 9.56. The SMILES string of the molecule is O=[CH][Ir].c1ccc(P(c2ccccc2)c2ccccc2)cc1.c1ccc(P(c2ccccc2)c2ccccc2)cc1.c1ccc(P(c2ccccc2)c2ccccc2)cc1. The Bertz CT molecular complexity index is 1920. The van der Waals surface area contributed by atoms with Crippen LogP contribution in [0.5, 0.6) is 0 Å². The Labute approximate surface area is 370 Å². The summed E-state index contributed by atoms with van der Waals surface area (Å²) in [6.45, 7) is 0. The van der Waals surface area contributed by atoms with Crippen LogP contribution in [0.25, 0.3) is 0 Å². The van der Waals surface area contributed by atoms with E-state index in [2.05, 4.69) is 273 Å². The van der Waals surface area contributed by atoms with Gasteiger partial charge in [-0.3, -0.25) is 0 Å².